The molecule has 3 aromatic carbocycles. The molecule has 3 saturated heterocycles. The second kappa shape index (κ2) is 33.1. The fourth-order valence-corrected chi connectivity index (χ4v) is 20.6. The standard InChI is InChI=1S/C78H95N14O19S2/c1-6-74(105)35-45-36-76(41-108-42-93,63-51(19-24-90(38-45)40-74)50-11-8-9-12-54(50)84-63)53-33-52-55(34-57(53)107-5)89(4)70-77(52)21-25-91-23-10-20-75(7-2,69(77)91)71(102)78(70,106)72(103)86-87-73(104)110-28-30-113-112-29-22-79-65(98)47(31-49-39-92(88-85-49)26-27-109-68-61(97)59(95)60(96)62(111-68)67(100)101)32-56(94)46-16-13-44(14-17-46)15-18-48-37-80-64-58(83-48)66(99)82-43(3)81-64/h8-14,16-17,20,22,33-34,37,39,42,45,47,59-62,68-71,84,95-97,102,105-106H,6-7,15,18-19,21,23-32,35-36,38,40-41H2,1-5H3,(H,79,98)(H,86,103)(H,87,104)(H,100,101)(H,80,81,82,99)/t45-,47-,59+,60-,61?,62?,68-,69+,70-,71-,74+,75-,76+,77-,78+/m1/s1. The molecule has 12 N–H and O–H groups in total. The Morgan fingerprint density at radius 3 is 2.48 bits per heavy atom. The lowest BCUT2D eigenvalue weighted by Gasteiger charge is -2.63. The molecule has 1 saturated carbocycles. The summed E-state index contributed by atoms with van der Waals surface area (Å²) in [4.78, 5) is 120. The first-order valence-corrected chi connectivity index (χ1v) is 40.6. The molecule has 4 fully saturated rings. The fraction of sp³-hybridized carbons (Fsp3) is 0.526. The van der Waals surface area contributed by atoms with E-state index < -0.39 is 112 Å². The van der Waals surface area contributed by atoms with Crippen LogP contribution in [0.3, 0.4) is 0 Å². The van der Waals surface area contributed by atoms with Gasteiger partial charge in [-0.05, 0) is 99.6 Å². The molecular formula is C78H95N14O19S2. The largest absolute Gasteiger partial charge is 0.496 e. The Morgan fingerprint density at radius 2 is 1.71 bits per heavy atom. The van der Waals surface area contributed by atoms with E-state index in [2.05, 4.69) is 73.3 Å². The van der Waals surface area contributed by atoms with Crippen LogP contribution in [0.2, 0.25) is 0 Å². The summed E-state index contributed by atoms with van der Waals surface area (Å²) in [6.45, 7) is 10.2. The van der Waals surface area contributed by atoms with Crippen molar-refractivity contribution < 1.29 is 88.2 Å². The number of anilines is 1. The maximum absolute atomic E-state index is 15.3. The van der Waals surface area contributed by atoms with Crippen molar-refractivity contribution in [1.29, 1.82) is 0 Å². The molecule has 2 bridgehead atoms. The number of amides is 3. The van der Waals surface area contributed by atoms with Gasteiger partial charge in [-0.2, -0.15) is 0 Å². The fourth-order valence-electron chi connectivity index (χ4n) is 19.1. The molecule has 3 unspecified atom stereocenters. The number of aliphatic hydroxyl groups is 6. The summed E-state index contributed by atoms with van der Waals surface area (Å²) >= 11 is 0. The smallest absolute Gasteiger partial charge is 0.426 e. The van der Waals surface area contributed by atoms with Crippen molar-refractivity contribution in [2.75, 3.05) is 83.1 Å². The number of nitrogens with zero attached hydrogens (tertiary/aromatic N) is 9. The topological polar surface area (TPSA) is 454 Å². The third kappa shape index (κ3) is 15.2. The Kier molecular flexibility index (Phi) is 23.6. The number of Topliss-reactive ketones (excluding diaryl/α,β-unsaturated/α-hetero) is 1. The van der Waals surface area contributed by atoms with E-state index in [9.17, 15) is 64.5 Å². The SMILES string of the molecule is CC[C@]1(O)C[C@H]2CN(CCc3c([nH]c4ccccc34)[C@@](COC=O)(c3cc4c(cc3OC)N(C)[C@H]3[C@@](O)(C(=O)NNC(=O)OCCSSC[CH]NC(=O)[C@@H](CC(=O)c5ccc(CCc6cnc7nc(C)[nH]c(=O)c7n6)cc5)Cc5cn(CCO[C@@H]6OC(C(=O)O)[C@H](O)[C@H](O)C6O)nn5)[C@H](O)[C@]5(CC)C=CCN6CC[C@]43[C@@H]65)C2)C1. The lowest BCUT2D eigenvalue weighted by molar-refractivity contribution is -0.294. The van der Waals surface area contributed by atoms with Gasteiger partial charge in [-0.3, -0.25) is 39.2 Å². The van der Waals surface area contributed by atoms with Gasteiger partial charge in [0.15, 0.2) is 34.9 Å². The number of hydrogen-bond donors (Lipinski definition) is 12. The van der Waals surface area contributed by atoms with E-state index in [0.29, 0.717) is 125 Å². The van der Waals surface area contributed by atoms with Crippen molar-refractivity contribution in [3.8, 4) is 5.75 Å². The third-order valence-corrected chi connectivity index (χ3v) is 26.4. The number of carboxylic acids is 1. The number of carbonyl (C=O) groups excluding carboxylic acids is 5. The number of aromatic amines is 2. The third-order valence-electron chi connectivity index (χ3n) is 24.2. The van der Waals surface area contributed by atoms with Crippen LogP contribution in [0.25, 0.3) is 22.1 Å². The number of carboxylic acid groups (broad SMARTS) is 1. The van der Waals surface area contributed by atoms with Gasteiger partial charge in [0.1, 0.15) is 49.2 Å². The van der Waals surface area contributed by atoms with Gasteiger partial charge in [0.2, 0.25) is 5.91 Å². The predicted molar refractivity (Wildman–Crippen MR) is 412 cm³/mol. The van der Waals surface area contributed by atoms with Crippen molar-refractivity contribution in [3.63, 3.8) is 0 Å². The molecule has 16 atom stereocenters. The summed E-state index contributed by atoms with van der Waals surface area (Å²) in [5, 5.41) is 91.3. The first-order chi connectivity index (χ1) is 54.3. The number of carbonyl (C=O) groups is 6. The van der Waals surface area contributed by atoms with E-state index in [1.807, 2.05) is 55.2 Å². The summed E-state index contributed by atoms with van der Waals surface area (Å²) in [5.74, 6) is -3.14. The number of methoxy groups -OCH3 is 1. The predicted octanol–water partition coefficient (Wildman–Crippen LogP) is 2.42. The van der Waals surface area contributed by atoms with Gasteiger partial charge in [0, 0.05) is 120 Å². The minimum atomic E-state index is -2.61. The number of ether oxygens (including phenoxy) is 5. The molecule has 4 aromatic heterocycles. The zero-order chi connectivity index (χ0) is 79.9. The van der Waals surface area contributed by atoms with Crippen LogP contribution in [-0.4, -0.2) is 260 Å². The number of aryl methyl sites for hydroxylation is 3. The van der Waals surface area contributed by atoms with Gasteiger partial charge < -0.3 is 79.6 Å². The first kappa shape index (κ1) is 80.6. The van der Waals surface area contributed by atoms with Crippen LogP contribution in [0.15, 0.2) is 90.0 Å². The summed E-state index contributed by atoms with van der Waals surface area (Å²) < 4.78 is 30.1. The van der Waals surface area contributed by atoms with Crippen LogP contribution in [0.4, 0.5) is 10.5 Å². The average molecular weight is 1600 g/mol. The highest BCUT2D eigenvalue weighted by atomic mass is 33.1. The van der Waals surface area contributed by atoms with Crippen molar-refractivity contribution in [3.05, 3.63) is 153 Å². The van der Waals surface area contributed by atoms with Gasteiger partial charge in [-0.15, -0.1) is 5.10 Å². The molecule has 113 heavy (non-hydrogen) atoms. The minimum Gasteiger partial charge on any atom is -0.496 e. The van der Waals surface area contributed by atoms with Crippen LogP contribution in [0, 0.1) is 30.7 Å². The molecule has 1 radical (unpaired) electrons. The van der Waals surface area contributed by atoms with Crippen LogP contribution in [0.1, 0.15) is 108 Å². The number of ketones is 1. The van der Waals surface area contributed by atoms with Crippen LogP contribution in [-0.2, 0) is 81.2 Å². The summed E-state index contributed by atoms with van der Waals surface area (Å²) in [7, 11) is 6.01. The number of hydrazine groups is 1. The van der Waals surface area contributed by atoms with Crippen molar-refractivity contribution in [2.45, 2.75) is 162 Å². The second-order valence-electron chi connectivity index (χ2n) is 30.7. The Hall–Kier alpha value is -8.98. The maximum atomic E-state index is 15.3. The summed E-state index contributed by atoms with van der Waals surface area (Å²) in [6.07, 6.45) is -1.17. The Bertz CT molecular complexity index is 4820. The van der Waals surface area contributed by atoms with E-state index in [4.69, 9.17) is 23.7 Å². The number of fused-ring (bicyclic) bond motifs is 7. The normalized spacial score (nSPS) is 29.2. The number of piperidine rings is 1. The number of aliphatic hydroxyl groups excluding tert-OH is 4. The molecular weight excluding hydrogens is 1500 g/mol. The number of nitrogens with one attached hydrogen (secondary N) is 5. The van der Waals surface area contributed by atoms with E-state index in [0.717, 1.165) is 38.9 Å². The number of benzene rings is 3. The molecule has 3 amide bonds. The molecule has 1 spiro atoms. The lowest BCUT2D eigenvalue weighted by Crippen LogP contribution is -2.82. The number of aromatic nitrogens is 8. The Labute approximate surface area is 657 Å². The van der Waals surface area contributed by atoms with Gasteiger partial charge >= 0.3 is 12.1 Å². The first-order valence-electron chi connectivity index (χ1n) is 38.1. The number of hydrogen-bond acceptors (Lipinski definition) is 28. The molecule has 10 heterocycles. The monoisotopic (exact) mass is 1600 g/mol. The molecule has 1 aliphatic carbocycles. The summed E-state index contributed by atoms with van der Waals surface area (Å²) in [6, 6.07) is 17.5. The highest BCUT2D eigenvalue weighted by molar-refractivity contribution is 8.76. The van der Waals surface area contributed by atoms with Crippen LogP contribution >= 0.6 is 21.6 Å². The molecule has 7 aromatic rings. The van der Waals surface area contributed by atoms with Crippen molar-refractivity contribution >= 4 is 85.5 Å². The van der Waals surface area contributed by atoms with Gasteiger partial charge in [-0.25, -0.2) is 34.6 Å². The molecule has 14 rings (SSSR count). The lowest BCUT2D eigenvalue weighted by atomic mass is 9.47. The van der Waals surface area contributed by atoms with Crippen LogP contribution < -0.4 is 31.4 Å². The quantitative estimate of drug-likeness (QED) is 0.00800. The molecule has 7 aliphatic rings. The van der Waals surface area contributed by atoms with E-state index >= 15 is 4.79 Å². The molecule has 6 aliphatic heterocycles. The van der Waals surface area contributed by atoms with Gasteiger partial charge in [0.05, 0.1) is 67.4 Å². The van der Waals surface area contributed by atoms with Crippen LogP contribution in [0.5, 0.6) is 5.75 Å². The highest BCUT2D eigenvalue weighted by Gasteiger charge is 2.79. The maximum Gasteiger partial charge on any atom is 0.426 e. The zero-order valence-electron chi connectivity index (χ0n) is 63.2. The van der Waals surface area contributed by atoms with Gasteiger partial charge in [-0.1, -0.05) is 95.3 Å². The van der Waals surface area contributed by atoms with Crippen molar-refractivity contribution in [2.24, 2.45) is 17.3 Å². The molecule has 603 valence electrons. The molecule has 35 heteroatoms. The zero-order valence-corrected chi connectivity index (χ0v) is 64.9. The average Bonchev–Trinajstić information content (AvgIpc) is 1.47. The minimum absolute atomic E-state index is 0.00985. The molecule has 33 nitrogen and oxygen atoms in total. The van der Waals surface area contributed by atoms with Crippen molar-refractivity contribution in [1.82, 2.24) is 65.9 Å². The number of likely N-dealkylation sites (N-methyl/N-ethyl adjacent to an activating group) is 1. The Morgan fingerprint density at radius 1 is 0.903 bits per heavy atom. The van der Waals surface area contributed by atoms with E-state index in [1.165, 1.54) is 39.0 Å². The number of H-pyrrole nitrogens is 2. The highest BCUT2D eigenvalue weighted by Crippen LogP contribution is 2.68. The van der Waals surface area contributed by atoms with E-state index in [-0.39, 0.29) is 73.6 Å². The summed E-state index contributed by atoms with van der Waals surface area (Å²) in [5.41, 5.74) is 4.99. The number of para-hydroxylation sites is 1. The number of rotatable bonds is 29. The second-order valence-corrected chi connectivity index (χ2v) is 33.4. The van der Waals surface area contributed by atoms with E-state index in [1.54, 1.807) is 51.5 Å². The Balaban J connectivity index is 0.623. The van der Waals surface area contributed by atoms with Gasteiger partial charge in [0.25, 0.3) is 17.9 Å². The number of aliphatic carboxylic acids is 1.